The molecule has 18 heavy (non-hydrogen) atoms. The van der Waals surface area contributed by atoms with Crippen molar-refractivity contribution in [1.82, 2.24) is 0 Å². The van der Waals surface area contributed by atoms with E-state index in [1.54, 1.807) is 6.07 Å². The van der Waals surface area contributed by atoms with Gasteiger partial charge in [-0.1, -0.05) is 30.5 Å². The summed E-state index contributed by atoms with van der Waals surface area (Å²) in [6, 6.07) is 4.53. The lowest BCUT2D eigenvalue weighted by atomic mass is 9.86. The first kappa shape index (κ1) is 13.3. The number of rotatable bonds is 4. The van der Waals surface area contributed by atoms with Crippen molar-refractivity contribution in [3.63, 3.8) is 0 Å². The summed E-state index contributed by atoms with van der Waals surface area (Å²) in [5, 5.41) is 9.37. The monoisotopic (exact) mass is 270 g/mol. The van der Waals surface area contributed by atoms with Gasteiger partial charge in [0, 0.05) is 0 Å². The number of carboxylic acids is 1. The third kappa shape index (κ3) is 3.02. The van der Waals surface area contributed by atoms with Gasteiger partial charge in [-0.15, -0.1) is 0 Å². The molecular weight excluding hydrogens is 255 g/mol. The summed E-state index contributed by atoms with van der Waals surface area (Å²) in [6.07, 6.45) is 4.51. The van der Waals surface area contributed by atoms with Crippen LogP contribution in [0.4, 0.5) is 4.39 Å². The maximum atomic E-state index is 13.3. The van der Waals surface area contributed by atoms with Gasteiger partial charge >= 0.3 is 5.97 Å². The van der Waals surface area contributed by atoms with Crippen molar-refractivity contribution >= 4 is 17.6 Å². The topological polar surface area (TPSA) is 37.3 Å². The first-order chi connectivity index (χ1) is 8.58. The van der Waals surface area contributed by atoms with Gasteiger partial charge in [0.2, 0.25) is 0 Å². The Labute approximate surface area is 111 Å². The summed E-state index contributed by atoms with van der Waals surface area (Å²) in [6.45, 7) is 0. The minimum absolute atomic E-state index is 0.0755. The molecule has 0 heterocycles. The summed E-state index contributed by atoms with van der Waals surface area (Å²) in [5.41, 5.74) is 0.705. The van der Waals surface area contributed by atoms with Crippen molar-refractivity contribution in [1.29, 1.82) is 0 Å². The van der Waals surface area contributed by atoms with Crippen LogP contribution in [0.25, 0.3) is 0 Å². The van der Waals surface area contributed by atoms with Gasteiger partial charge in [0.05, 0.1) is 10.9 Å². The Kier molecular flexibility index (Phi) is 4.23. The summed E-state index contributed by atoms with van der Waals surface area (Å²) < 4.78 is 13.3. The number of hydrogen-bond acceptors (Lipinski definition) is 1. The standard InChI is InChI=1S/C14H16ClFO2/c15-12-6-5-9(8-13(12)16)7-11(14(17)18)10-3-1-2-4-10/h5-6,8,10-11H,1-4,7H2,(H,17,18). The predicted octanol–water partition coefficient (Wildman–Crippen LogP) is 3.91. The first-order valence-corrected chi connectivity index (χ1v) is 6.62. The average Bonchev–Trinajstić information content (AvgIpc) is 2.83. The lowest BCUT2D eigenvalue weighted by Gasteiger charge is -2.19. The molecule has 0 saturated heterocycles. The van der Waals surface area contributed by atoms with Crippen LogP contribution in [0, 0.1) is 17.7 Å². The molecule has 98 valence electrons. The first-order valence-electron chi connectivity index (χ1n) is 6.24. The Balaban J connectivity index is 2.12. The highest BCUT2D eigenvalue weighted by molar-refractivity contribution is 6.30. The predicted molar refractivity (Wildman–Crippen MR) is 68.2 cm³/mol. The largest absolute Gasteiger partial charge is 0.481 e. The highest BCUT2D eigenvalue weighted by Gasteiger charge is 2.30. The number of carbonyl (C=O) groups is 1. The molecule has 2 nitrogen and oxygen atoms in total. The Bertz CT molecular complexity index is 441. The van der Waals surface area contributed by atoms with Gasteiger partial charge in [-0.2, -0.15) is 0 Å². The van der Waals surface area contributed by atoms with E-state index in [2.05, 4.69) is 0 Å². The second-order valence-electron chi connectivity index (χ2n) is 4.94. The Morgan fingerprint density at radius 3 is 2.67 bits per heavy atom. The summed E-state index contributed by atoms with van der Waals surface area (Å²) in [5.74, 6) is -1.45. The lowest BCUT2D eigenvalue weighted by Crippen LogP contribution is -2.24. The van der Waals surface area contributed by atoms with E-state index >= 15 is 0 Å². The molecule has 4 heteroatoms. The van der Waals surface area contributed by atoms with Gasteiger partial charge in [0.15, 0.2) is 0 Å². The maximum Gasteiger partial charge on any atom is 0.307 e. The fourth-order valence-electron chi connectivity index (χ4n) is 2.74. The van der Waals surface area contributed by atoms with Gasteiger partial charge in [0.25, 0.3) is 0 Å². The molecular formula is C14H16ClFO2. The van der Waals surface area contributed by atoms with E-state index < -0.39 is 17.7 Å². The number of benzene rings is 1. The highest BCUT2D eigenvalue weighted by atomic mass is 35.5. The molecule has 1 N–H and O–H groups in total. The van der Waals surface area contributed by atoms with Crippen molar-refractivity contribution < 1.29 is 14.3 Å². The number of hydrogen-bond donors (Lipinski definition) is 1. The van der Waals surface area contributed by atoms with E-state index in [1.807, 2.05) is 0 Å². The fourth-order valence-corrected chi connectivity index (χ4v) is 2.85. The molecule has 1 aliphatic rings. The lowest BCUT2D eigenvalue weighted by molar-refractivity contribution is -0.143. The van der Waals surface area contributed by atoms with Gasteiger partial charge < -0.3 is 5.11 Å². The van der Waals surface area contributed by atoms with E-state index in [0.29, 0.717) is 12.0 Å². The Morgan fingerprint density at radius 2 is 2.11 bits per heavy atom. The molecule has 1 fully saturated rings. The van der Waals surface area contributed by atoms with Crippen LogP contribution in [0.3, 0.4) is 0 Å². The third-order valence-corrected chi connectivity index (χ3v) is 4.03. The smallest absolute Gasteiger partial charge is 0.307 e. The van der Waals surface area contributed by atoms with E-state index in [1.165, 1.54) is 12.1 Å². The second kappa shape index (κ2) is 5.70. The Hall–Kier alpha value is -1.09. The average molecular weight is 271 g/mol. The van der Waals surface area contributed by atoms with Crippen molar-refractivity contribution in [2.24, 2.45) is 11.8 Å². The van der Waals surface area contributed by atoms with E-state index in [4.69, 9.17) is 11.6 Å². The van der Waals surface area contributed by atoms with E-state index in [0.717, 1.165) is 25.7 Å². The van der Waals surface area contributed by atoms with Gasteiger partial charge in [-0.05, 0) is 42.9 Å². The molecule has 0 aromatic heterocycles. The van der Waals surface area contributed by atoms with Crippen LogP contribution in [-0.2, 0) is 11.2 Å². The minimum Gasteiger partial charge on any atom is -0.481 e. The molecule has 1 aliphatic carbocycles. The molecule has 0 radical (unpaired) electrons. The summed E-state index contributed by atoms with van der Waals surface area (Å²) in [7, 11) is 0. The molecule has 1 saturated carbocycles. The molecule has 0 bridgehead atoms. The molecule has 1 aromatic rings. The van der Waals surface area contributed by atoms with Crippen molar-refractivity contribution in [3.05, 3.63) is 34.6 Å². The molecule has 0 spiro atoms. The van der Waals surface area contributed by atoms with Crippen LogP contribution < -0.4 is 0 Å². The zero-order valence-corrected chi connectivity index (χ0v) is 10.8. The quantitative estimate of drug-likeness (QED) is 0.901. The number of halogens is 2. The van der Waals surface area contributed by atoms with Gasteiger partial charge in [-0.25, -0.2) is 4.39 Å². The van der Waals surface area contributed by atoms with Crippen molar-refractivity contribution in [2.75, 3.05) is 0 Å². The Morgan fingerprint density at radius 1 is 1.44 bits per heavy atom. The van der Waals surface area contributed by atoms with Crippen molar-refractivity contribution in [3.8, 4) is 0 Å². The SMILES string of the molecule is O=C(O)C(Cc1ccc(Cl)c(F)c1)C1CCCC1. The maximum absolute atomic E-state index is 13.3. The molecule has 0 aliphatic heterocycles. The van der Waals surface area contributed by atoms with E-state index in [9.17, 15) is 14.3 Å². The molecule has 1 aromatic carbocycles. The van der Waals surface area contributed by atoms with Crippen LogP contribution in [-0.4, -0.2) is 11.1 Å². The minimum atomic E-state index is -0.780. The molecule has 1 unspecified atom stereocenters. The van der Waals surface area contributed by atoms with Gasteiger partial charge in [0.1, 0.15) is 5.82 Å². The zero-order chi connectivity index (χ0) is 13.1. The fraction of sp³-hybridized carbons (Fsp3) is 0.500. The van der Waals surface area contributed by atoms with Crippen LogP contribution >= 0.6 is 11.6 Å². The van der Waals surface area contributed by atoms with Gasteiger partial charge in [-0.3, -0.25) is 4.79 Å². The third-order valence-electron chi connectivity index (χ3n) is 3.73. The van der Waals surface area contributed by atoms with Crippen LogP contribution in [0.15, 0.2) is 18.2 Å². The zero-order valence-electron chi connectivity index (χ0n) is 10.0. The molecule has 2 rings (SSSR count). The van der Waals surface area contributed by atoms with Crippen LogP contribution in [0.2, 0.25) is 5.02 Å². The second-order valence-corrected chi connectivity index (χ2v) is 5.35. The number of aliphatic carboxylic acids is 1. The van der Waals surface area contributed by atoms with E-state index in [-0.39, 0.29) is 10.9 Å². The molecule has 1 atom stereocenters. The van der Waals surface area contributed by atoms with Crippen LogP contribution in [0.1, 0.15) is 31.2 Å². The normalized spacial score (nSPS) is 17.9. The van der Waals surface area contributed by atoms with Crippen molar-refractivity contribution in [2.45, 2.75) is 32.1 Å². The summed E-state index contributed by atoms with van der Waals surface area (Å²) in [4.78, 5) is 11.3. The number of carboxylic acid groups (broad SMARTS) is 1. The highest BCUT2D eigenvalue weighted by Crippen LogP contribution is 2.33. The van der Waals surface area contributed by atoms with Crippen LogP contribution in [0.5, 0.6) is 0 Å². The molecule has 0 amide bonds. The summed E-state index contributed by atoms with van der Waals surface area (Å²) >= 11 is 5.62.